The highest BCUT2D eigenvalue weighted by atomic mass is 16.4. The van der Waals surface area contributed by atoms with Gasteiger partial charge in [-0.3, -0.25) is 9.59 Å². The SMILES string of the molecule is CCn1c(=O)ccc2cc(N3CCCC(C(=O)O)C3)ccc21. The summed E-state index contributed by atoms with van der Waals surface area (Å²) >= 11 is 0. The maximum Gasteiger partial charge on any atom is 0.308 e. The number of fused-ring (bicyclic) bond motifs is 1. The minimum Gasteiger partial charge on any atom is -0.481 e. The van der Waals surface area contributed by atoms with Crippen molar-refractivity contribution in [2.75, 3.05) is 18.0 Å². The number of hydrogen-bond donors (Lipinski definition) is 1. The average Bonchev–Trinajstić information content (AvgIpc) is 2.54. The van der Waals surface area contributed by atoms with Crippen molar-refractivity contribution in [1.29, 1.82) is 0 Å². The topological polar surface area (TPSA) is 62.5 Å². The summed E-state index contributed by atoms with van der Waals surface area (Å²) in [7, 11) is 0. The summed E-state index contributed by atoms with van der Waals surface area (Å²) in [6, 6.07) is 9.42. The van der Waals surface area contributed by atoms with E-state index in [0.29, 0.717) is 13.1 Å². The molecule has 0 amide bonds. The smallest absolute Gasteiger partial charge is 0.308 e. The lowest BCUT2D eigenvalue weighted by molar-refractivity contribution is -0.141. The molecular weight excluding hydrogens is 280 g/mol. The fraction of sp³-hybridized carbons (Fsp3) is 0.412. The molecule has 5 nitrogen and oxygen atoms in total. The Morgan fingerprint density at radius 1 is 1.32 bits per heavy atom. The van der Waals surface area contributed by atoms with E-state index in [0.717, 1.165) is 36.0 Å². The number of aliphatic carboxylic acids is 1. The van der Waals surface area contributed by atoms with Crippen molar-refractivity contribution < 1.29 is 9.90 Å². The highest BCUT2D eigenvalue weighted by Gasteiger charge is 2.25. The Kier molecular flexibility index (Phi) is 3.88. The zero-order valence-corrected chi connectivity index (χ0v) is 12.7. The van der Waals surface area contributed by atoms with Crippen LogP contribution >= 0.6 is 0 Å². The van der Waals surface area contributed by atoms with Crippen molar-refractivity contribution in [1.82, 2.24) is 4.57 Å². The number of nitrogens with zero attached hydrogens (tertiary/aromatic N) is 2. The summed E-state index contributed by atoms with van der Waals surface area (Å²) in [5, 5.41) is 10.2. The van der Waals surface area contributed by atoms with E-state index in [9.17, 15) is 14.7 Å². The number of aromatic nitrogens is 1. The number of piperidine rings is 1. The molecule has 22 heavy (non-hydrogen) atoms. The molecule has 0 spiro atoms. The van der Waals surface area contributed by atoms with Gasteiger partial charge in [-0.15, -0.1) is 0 Å². The molecule has 5 heteroatoms. The minimum absolute atomic E-state index is 0.00617. The summed E-state index contributed by atoms with van der Waals surface area (Å²) in [5.74, 6) is -1.01. The van der Waals surface area contributed by atoms with Crippen LogP contribution in [0.4, 0.5) is 5.69 Å². The van der Waals surface area contributed by atoms with Gasteiger partial charge in [-0.1, -0.05) is 0 Å². The molecular formula is C17H20N2O3. The number of benzene rings is 1. The first-order chi connectivity index (χ1) is 10.6. The normalized spacial score (nSPS) is 18.6. The van der Waals surface area contributed by atoms with Gasteiger partial charge in [-0.2, -0.15) is 0 Å². The lowest BCUT2D eigenvalue weighted by Crippen LogP contribution is -2.38. The number of hydrogen-bond acceptors (Lipinski definition) is 3. The third kappa shape index (κ3) is 2.58. The third-order valence-corrected chi connectivity index (χ3v) is 4.43. The first-order valence-corrected chi connectivity index (χ1v) is 7.71. The summed E-state index contributed by atoms with van der Waals surface area (Å²) < 4.78 is 1.75. The van der Waals surface area contributed by atoms with Gasteiger partial charge in [0.25, 0.3) is 5.56 Å². The molecule has 3 rings (SSSR count). The number of carboxylic acids is 1. The number of carboxylic acid groups (broad SMARTS) is 1. The molecule has 2 heterocycles. The zero-order chi connectivity index (χ0) is 15.7. The van der Waals surface area contributed by atoms with Crippen molar-refractivity contribution in [3.05, 3.63) is 40.7 Å². The molecule has 1 aliphatic rings. The largest absolute Gasteiger partial charge is 0.481 e. The van der Waals surface area contributed by atoms with Gasteiger partial charge in [-0.25, -0.2) is 0 Å². The van der Waals surface area contributed by atoms with E-state index in [2.05, 4.69) is 4.90 Å². The van der Waals surface area contributed by atoms with E-state index in [1.807, 2.05) is 31.2 Å². The van der Waals surface area contributed by atoms with E-state index in [-0.39, 0.29) is 11.5 Å². The summed E-state index contributed by atoms with van der Waals surface area (Å²) in [6.07, 6.45) is 1.64. The van der Waals surface area contributed by atoms with Crippen molar-refractivity contribution in [2.24, 2.45) is 5.92 Å². The fourth-order valence-electron chi connectivity index (χ4n) is 3.23. The van der Waals surface area contributed by atoms with Crippen LogP contribution in [-0.2, 0) is 11.3 Å². The summed E-state index contributed by atoms with van der Waals surface area (Å²) in [4.78, 5) is 25.2. The summed E-state index contributed by atoms with van der Waals surface area (Å²) in [5.41, 5.74) is 1.96. The highest BCUT2D eigenvalue weighted by Crippen LogP contribution is 2.26. The van der Waals surface area contributed by atoms with Gasteiger partial charge in [0.05, 0.1) is 11.4 Å². The van der Waals surface area contributed by atoms with E-state index in [1.54, 1.807) is 10.6 Å². The molecule has 116 valence electrons. The second-order valence-corrected chi connectivity index (χ2v) is 5.78. The first-order valence-electron chi connectivity index (χ1n) is 7.71. The van der Waals surface area contributed by atoms with Gasteiger partial charge in [0.2, 0.25) is 0 Å². The van der Waals surface area contributed by atoms with Crippen LogP contribution in [0.5, 0.6) is 0 Å². The van der Waals surface area contributed by atoms with Crippen molar-refractivity contribution >= 4 is 22.6 Å². The molecule has 1 fully saturated rings. The molecule has 0 aliphatic carbocycles. The molecule has 0 bridgehead atoms. The standard InChI is InChI=1S/C17H20N2O3/c1-2-19-15-7-6-14(10-12(15)5-8-16(19)20)18-9-3-4-13(11-18)17(21)22/h5-8,10,13H,2-4,9,11H2,1H3,(H,21,22). The molecule has 1 aromatic heterocycles. The van der Waals surface area contributed by atoms with Gasteiger partial charge < -0.3 is 14.6 Å². The Morgan fingerprint density at radius 3 is 2.86 bits per heavy atom. The fourth-order valence-corrected chi connectivity index (χ4v) is 3.23. The van der Waals surface area contributed by atoms with Crippen molar-refractivity contribution in [3.8, 4) is 0 Å². The Bertz CT molecular complexity index is 766. The molecule has 1 aliphatic heterocycles. The molecule has 0 saturated carbocycles. The molecule has 1 atom stereocenters. The lowest BCUT2D eigenvalue weighted by atomic mass is 9.97. The van der Waals surface area contributed by atoms with Crippen LogP contribution in [0.15, 0.2) is 35.1 Å². The molecule has 1 N–H and O–H groups in total. The highest BCUT2D eigenvalue weighted by molar-refractivity contribution is 5.83. The Balaban J connectivity index is 1.97. The maximum atomic E-state index is 11.9. The third-order valence-electron chi connectivity index (χ3n) is 4.43. The molecule has 2 aromatic rings. The monoisotopic (exact) mass is 300 g/mol. The Hall–Kier alpha value is -2.30. The van der Waals surface area contributed by atoms with Crippen LogP contribution in [-0.4, -0.2) is 28.7 Å². The van der Waals surface area contributed by atoms with E-state index < -0.39 is 5.97 Å². The molecule has 1 saturated heterocycles. The predicted molar refractivity (Wildman–Crippen MR) is 86.5 cm³/mol. The first kappa shape index (κ1) is 14.6. The van der Waals surface area contributed by atoms with E-state index in [1.165, 1.54) is 0 Å². The second kappa shape index (κ2) is 5.83. The Morgan fingerprint density at radius 2 is 2.14 bits per heavy atom. The number of anilines is 1. The van der Waals surface area contributed by atoms with Crippen LogP contribution in [0.3, 0.4) is 0 Å². The Labute approximate surface area is 128 Å². The average molecular weight is 300 g/mol. The predicted octanol–water partition coefficient (Wildman–Crippen LogP) is 2.32. The van der Waals surface area contributed by atoms with Crippen LogP contribution < -0.4 is 10.5 Å². The number of carbonyl (C=O) groups is 1. The van der Waals surface area contributed by atoms with Gasteiger partial charge >= 0.3 is 5.97 Å². The lowest BCUT2D eigenvalue weighted by Gasteiger charge is -2.32. The van der Waals surface area contributed by atoms with Crippen molar-refractivity contribution in [2.45, 2.75) is 26.3 Å². The zero-order valence-electron chi connectivity index (χ0n) is 12.7. The van der Waals surface area contributed by atoms with Crippen molar-refractivity contribution in [3.63, 3.8) is 0 Å². The number of rotatable bonds is 3. The van der Waals surface area contributed by atoms with E-state index in [4.69, 9.17) is 0 Å². The summed E-state index contributed by atoms with van der Waals surface area (Å²) in [6.45, 7) is 4.02. The van der Waals surface area contributed by atoms with Gasteiger partial charge in [0, 0.05) is 36.8 Å². The van der Waals surface area contributed by atoms with Gasteiger partial charge in [0.1, 0.15) is 0 Å². The second-order valence-electron chi connectivity index (χ2n) is 5.78. The van der Waals surface area contributed by atoms with Crippen LogP contribution in [0, 0.1) is 5.92 Å². The molecule has 0 radical (unpaired) electrons. The minimum atomic E-state index is -0.717. The van der Waals surface area contributed by atoms with Gasteiger partial charge in [0.15, 0.2) is 0 Å². The maximum absolute atomic E-state index is 11.9. The van der Waals surface area contributed by atoms with Crippen LogP contribution in [0.2, 0.25) is 0 Å². The number of aryl methyl sites for hydroxylation is 1. The molecule has 1 aromatic carbocycles. The quantitative estimate of drug-likeness (QED) is 0.945. The molecule has 1 unspecified atom stereocenters. The number of pyridine rings is 1. The van der Waals surface area contributed by atoms with Gasteiger partial charge in [-0.05, 0) is 44.0 Å². The van der Waals surface area contributed by atoms with Crippen LogP contribution in [0.1, 0.15) is 19.8 Å². The van der Waals surface area contributed by atoms with E-state index >= 15 is 0 Å². The van der Waals surface area contributed by atoms with Crippen LogP contribution in [0.25, 0.3) is 10.9 Å².